The first-order chi connectivity index (χ1) is 23.0. The van der Waals surface area contributed by atoms with Gasteiger partial charge in [-0.25, -0.2) is 26.4 Å². The van der Waals surface area contributed by atoms with Crippen LogP contribution in [0.25, 0.3) is 11.8 Å². The predicted octanol–water partition coefficient (Wildman–Crippen LogP) is -13.0. The fourth-order valence-electron chi connectivity index (χ4n) is 3.99. The minimum Gasteiger partial charge on any atom is -0.744 e. The van der Waals surface area contributed by atoms with Gasteiger partial charge in [0.2, 0.25) is 5.88 Å². The van der Waals surface area contributed by atoms with Crippen LogP contribution in [0.1, 0.15) is 16.1 Å². The number of carbonyl (C=O) groups is 3. The first-order valence-electron chi connectivity index (χ1n) is 12.1. The number of hydrogen-bond acceptors (Lipinski definition) is 20. The largest absolute Gasteiger partial charge is 1.00 e. The smallest absolute Gasteiger partial charge is 0.744 e. The molecule has 0 radical (unpaired) electrons. The Balaban J connectivity index is 0.00000676. The van der Waals surface area contributed by atoms with Crippen LogP contribution in [-0.4, -0.2) is 74.6 Å². The molecule has 1 aromatic heterocycles. The number of aromatic carboxylic acids is 1. The van der Waals surface area contributed by atoms with Crippen molar-refractivity contribution in [2.24, 2.45) is 5.10 Å². The van der Waals surface area contributed by atoms with Crippen LogP contribution in [0.2, 0.25) is 0 Å². The van der Waals surface area contributed by atoms with Gasteiger partial charge >= 0.3 is 217 Å². The van der Waals surface area contributed by atoms with Gasteiger partial charge in [-0.1, -0.05) is 6.08 Å². The van der Waals surface area contributed by atoms with Crippen molar-refractivity contribution in [3.63, 3.8) is 0 Å². The van der Waals surface area contributed by atoms with Crippen molar-refractivity contribution in [2.45, 2.75) is 19.6 Å². The normalized spacial score (nSPS) is 13.5. The first-order valence-corrected chi connectivity index (χ1v) is 16.4. The van der Waals surface area contributed by atoms with Crippen LogP contribution in [0.3, 0.4) is 0 Å². The van der Waals surface area contributed by atoms with Gasteiger partial charge in [-0.15, -0.1) is 0 Å². The maximum Gasteiger partial charge on any atom is 1.00 e. The average molecular weight is 917 g/mol. The van der Waals surface area contributed by atoms with E-state index in [4.69, 9.17) is 0 Å². The quantitative estimate of drug-likeness (QED) is 0.0337. The number of hydrazone groups is 1. The Bertz CT molecular complexity index is 2180. The summed E-state index contributed by atoms with van der Waals surface area (Å²) >= 11 is 0.473. The molecule has 53 heavy (non-hydrogen) atoms. The Labute approximate surface area is 476 Å². The molecule has 4 rings (SSSR count). The van der Waals surface area contributed by atoms with E-state index in [0.29, 0.717) is 4.68 Å². The number of amides is 1. The summed E-state index contributed by atoms with van der Waals surface area (Å²) in [4.78, 5) is 35.0. The minimum absolute atomic E-state index is 0. The van der Waals surface area contributed by atoms with Crippen molar-refractivity contribution in [1.29, 1.82) is 0 Å². The fourth-order valence-corrected chi connectivity index (χ4v) is 6.04. The van der Waals surface area contributed by atoms with Crippen LogP contribution in [0.15, 0.2) is 78.8 Å². The molecule has 30 heteroatoms. The van der Waals surface area contributed by atoms with E-state index in [9.17, 15) is 66.2 Å². The second-order valence-corrected chi connectivity index (χ2v) is 13.0. The van der Waals surface area contributed by atoms with Crippen LogP contribution >= 0.6 is 24.1 Å². The van der Waals surface area contributed by atoms with E-state index >= 15 is 0 Å². The fraction of sp³-hybridized carbons (Fsp3) is 0. The van der Waals surface area contributed by atoms with Crippen LogP contribution in [0, 0.1) is 0 Å². The van der Waals surface area contributed by atoms with Crippen LogP contribution in [0.5, 0.6) is 5.88 Å². The molecule has 0 saturated heterocycles. The van der Waals surface area contributed by atoms with Crippen LogP contribution < -0.4 is 221 Å². The Morgan fingerprint density at radius 1 is 0.811 bits per heavy atom. The molecule has 0 spiro atoms. The molecule has 0 bridgehead atoms. The summed E-state index contributed by atoms with van der Waals surface area (Å²) < 4.78 is 79.9. The summed E-state index contributed by atoms with van der Waals surface area (Å²) in [7, 11) is -10.6. The number of aliphatic carboxylic acids is 1. The summed E-state index contributed by atoms with van der Waals surface area (Å²) in [5.41, 5.74) is -4.83. The van der Waals surface area contributed by atoms with E-state index in [-0.39, 0.29) is 244 Å². The number of rotatable bonds is 14. The molecular formula is C23H12K4N4O18S4. The molecule has 0 unspecified atom stereocenters. The minimum atomic E-state index is -5.31. The standard InChI is InChI=1S/C23H16N4O18S4.4K/c28-20-12(18(22(30)31)24-26(20)14-8-10(46-44-42-34)4-6-16(14)48(36,37)38)2-1-3-13-19(23(32)33)25-27(21(13)29)15-9-11(47-45-43-35)5-7-17(15)49(39,40)41;;;;/h1-9,28,34-35H,(H,30,31)(H,32,33)(H,36,37,38)(H,39,40,41);;;;/q;4*+1/p-4. The third-order valence-electron chi connectivity index (χ3n) is 5.88. The zero-order valence-corrected chi connectivity index (χ0v) is 42.8. The number of hydrogen-bond donors (Lipinski definition) is 3. The topological polar surface area (TPSA) is 343 Å². The van der Waals surface area contributed by atoms with Crippen molar-refractivity contribution in [2.75, 3.05) is 5.01 Å². The number of anilines is 1. The van der Waals surface area contributed by atoms with Gasteiger partial charge < -0.3 is 34.9 Å². The maximum atomic E-state index is 13.3. The number of nitrogens with zero attached hydrogens (tertiary/aromatic N) is 4. The van der Waals surface area contributed by atoms with Gasteiger partial charge in [0.25, 0.3) is 5.91 Å². The van der Waals surface area contributed by atoms with E-state index in [1.54, 1.807) is 0 Å². The Hall–Kier alpha value is 1.84. The third-order valence-corrected chi connectivity index (χ3v) is 8.79. The van der Waals surface area contributed by atoms with E-state index < -0.39 is 87.7 Å². The number of aromatic nitrogens is 2. The number of carboxylic acid groups (broad SMARTS) is 2. The van der Waals surface area contributed by atoms with Crippen LogP contribution in [0.4, 0.5) is 5.69 Å². The average Bonchev–Trinajstić information content (AvgIpc) is 3.54. The molecule has 0 saturated carbocycles. The molecule has 3 aromatic rings. The molecule has 3 N–H and O–H groups in total. The van der Waals surface area contributed by atoms with Crippen molar-refractivity contribution in [3.05, 3.63) is 65.4 Å². The molecule has 2 aromatic carbocycles. The Morgan fingerprint density at radius 3 is 1.75 bits per heavy atom. The molecule has 1 aliphatic heterocycles. The number of carboxylic acids is 2. The van der Waals surface area contributed by atoms with Crippen LogP contribution in [-0.2, 0) is 48.6 Å². The number of carbonyl (C=O) groups excluding carboxylic acids is 1. The third kappa shape index (κ3) is 13.9. The Morgan fingerprint density at radius 2 is 1.30 bits per heavy atom. The van der Waals surface area contributed by atoms with Gasteiger partial charge in [-0.05, 0) is 48.6 Å². The van der Waals surface area contributed by atoms with E-state index in [1.165, 1.54) is 0 Å². The first kappa shape index (κ1) is 54.8. The van der Waals surface area contributed by atoms with Gasteiger partial charge in [0.15, 0.2) is 11.4 Å². The summed E-state index contributed by atoms with van der Waals surface area (Å²) in [6.45, 7) is 0. The van der Waals surface area contributed by atoms with E-state index in [1.807, 2.05) is 0 Å². The zero-order chi connectivity index (χ0) is 36.3. The van der Waals surface area contributed by atoms with Gasteiger partial charge in [-0.2, -0.15) is 28.6 Å². The van der Waals surface area contributed by atoms with Crippen molar-refractivity contribution < 1.29 is 290 Å². The van der Waals surface area contributed by atoms with Gasteiger partial charge in [0, 0.05) is 9.79 Å². The van der Waals surface area contributed by atoms with Crippen molar-refractivity contribution in [1.82, 2.24) is 9.78 Å². The summed E-state index contributed by atoms with van der Waals surface area (Å²) in [5.74, 6) is -6.03. The number of benzene rings is 2. The van der Waals surface area contributed by atoms with E-state index in [0.717, 1.165) is 54.6 Å². The molecule has 260 valence electrons. The predicted molar refractivity (Wildman–Crippen MR) is 150 cm³/mol. The van der Waals surface area contributed by atoms with Crippen molar-refractivity contribution >= 4 is 79.6 Å². The molecular weight excluding hydrogens is 905 g/mol. The van der Waals surface area contributed by atoms with Gasteiger partial charge in [0.1, 0.15) is 20.2 Å². The number of aromatic hydroxyl groups is 1. The monoisotopic (exact) mass is 916 g/mol. The van der Waals surface area contributed by atoms with E-state index in [2.05, 4.69) is 28.9 Å². The molecule has 1 aliphatic rings. The molecule has 2 heterocycles. The SMILES string of the molecule is O=C(O)C1=NN(c2cc(SOO[O-])ccc2S(=O)(=O)[O-])C(=O)C1=CC=Cc1c(C(=O)O)nn(-c2cc(SOO[O-])ccc2S(=O)(=O)[O-])c1O.[K+].[K+].[K+].[K+]. The Kier molecular flexibility index (Phi) is 25.0. The molecule has 0 atom stereocenters. The second kappa shape index (κ2) is 24.2. The molecule has 0 aliphatic carbocycles. The summed E-state index contributed by atoms with van der Waals surface area (Å²) in [6, 6.07) is 5.16. The zero-order valence-electron chi connectivity index (χ0n) is 27.1. The molecule has 1 amide bonds. The second-order valence-electron chi connectivity index (χ2n) is 8.72. The summed E-state index contributed by atoms with van der Waals surface area (Å²) in [6.07, 6.45) is 2.37. The van der Waals surface area contributed by atoms with Crippen molar-refractivity contribution in [3.8, 4) is 11.6 Å². The molecule has 0 fully saturated rings. The van der Waals surface area contributed by atoms with Gasteiger partial charge in [0.05, 0.1) is 56.4 Å². The molecule has 22 nitrogen and oxygen atoms in total. The van der Waals surface area contributed by atoms with Gasteiger partial charge in [-0.3, -0.25) is 14.9 Å². The number of allylic oxidation sites excluding steroid dienone is 2. The summed E-state index contributed by atoms with van der Waals surface area (Å²) in [5, 5.41) is 64.4. The maximum absolute atomic E-state index is 13.3.